The van der Waals surface area contributed by atoms with E-state index < -0.39 is 0 Å². The van der Waals surface area contributed by atoms with Gasteiger partial charge in [-0.1, -0.05) is 12.8 Å². The fourth-order valence-corrected chi connectivity index (χ4v) is 2.06. The molecule has 1 heterocycles. The normalized spacial score (nSPS) is 19.1. The molecular weight excluding hydrogens is 188 g/mol. The molecule has 1 aromatic heterocycles. The summed E-state index contributed by atoms with van der Waals surface area (Å²) in [5.41, 5.74) is 2.02. The van der Waals surface area contributed by atoms with Crippen molar-refractivity contribution < 1.29 is 0 Å². The molecule has 1 aromatic rings. The Morgan fingerprint density at radius 3 is 2.33 bits per heavy atom. The number of nitrogens with one attached hydrogen (secondary N) is 1. The molecule has 0 aromatic carbocycles. The molecule has 1 fully saturated rings. The van der Waals surface area contributed by atoms with Gasteiger partial charge < -0.3 is 5.32 Å². The molecule has 1 aliphatic rings. The Labute approximate surface area is 90.5 Å². The minimum atomic E-state index is 0.170. The number of aryl methyl sites for hydroxylation is 2. The maximum Gasteiger partial charge on any atom is 0.243 e. The SMILES string of the molecule is Cc1nnc(NC2(C)CCCC2)nc1C. The van der Waals surface area contributed by atoms with E-state index in [2.05, 4.69) is 27.4 Å². The fourth-order valence-electron chi connectivity index (χ4n) is 2.06. The summed E-state index contributed by atoms with van der Waals surface area (Å²) in [5, 5.41) is 11.6. The van der Waals surface area contributed by atoms with Crippen molar-refractivity contribution in [1.82, 2.24) is 15.2 Å². The molecular formula is C11H18N4. The third-order valence-corrected chi connectivity index (χ3v) is 3.21. The summed E-state index contributed by atoms with van der Waals surface area (Å²) in [5.74, 6) is 0.669. The van der Waals surface area contributed by atoms with Crippen LogP contribution in [-0.2, 0) is 0 Å². The number of hydrogen-bond acceptors (Lipinski definition) is 4. The highest BCUT2D eigenvalue weighted by Crippen LogP contribution is 2.31. The van der Waals surface area contributed by atoms with Gasteiger partial charge in [0.2, 0.25) is 5.95 Å². The largest absolute Gasteiger partial charge is 0.348 e. The van der Waals surface area contributed by atoms with Gasteiger partial charge in [-0.05, 0) is 33.6 Å². The van der Waals surface area contributed by atoms with E-state index in [1.807, 2.05) is 13.8 Å². The molecule has 4 nitrogen and oxygen atoms in total. The van der Waals surface area contributed by atoms with Crippen molar-refractivity contribution in [3.05, 3.63) is 11.4 Å². The lowest BCUT2D eigenvalue weighted by atomic mass is 10.0. The summed E-state index contributed by atoms with van der Waals surface area (Å²) >= 11 is 0. The molecule has 0 unspecified atom stereocenters. The number of anilines is 1. The summed E-state index contributed by atoms with van der Waals surface area (Å²) < 4.78 is 0. The van der Waals surface area contributed by atoms with Gasteiger partial charge >= 0.3 is 0 Å². The molecule has 0 bridgehead atoms. The van der Waals surface area contributed by atoms with E-state index in [1.54, 1.807) is 0 Å². The first kappa shape index (κ1) is 10.3. The third-order valence-electron chi connectivity index (χ3n) is 3.21. The third kappa shape index (κ3) is 2.25. The fraction of sp³-hybridized carbons (Fsp3) is 0.727. The first-order valence-electron chi connectivity index (χ1n) is 5.55. The highest BCUT2D eigenvalue weighted by Gasteiger charge is 2.29. The van der Waals surface area contributed by atoms with Crippen LogP contribution in [0.3, 0.4) is 0 Å². The van der Waals surface area contributed by atoms with Crippen molar-refractivity contribution >= 4 is 5.95 Å². The van der Waals surface area contributed by atoms with Crippen LogP contribution >= 0.6 is 0 Å². The van der Waals surface area contributed by atoms with E-state index in [4.69, 9.17) is 0 Å². The van der Waals surface area contributed by atoms with E-state index in [1.165, 1.54) is 25.7 Å². The Balaban J connectivity index is 2.13. The van der Waals surface area contributed by atoms with Gasteiger partial charge in [-0.15, -0.1) is 5.10 Å². The van der Waals surface area contributed by atoms with Crippen LogP contribution in [0.2, 0.25) is 0 Å². The molecule has 1 saturated carbocycles. The molecule has 1 aliphatic carbocycles. The summed E-state index contributed by atoms with van der Waals surface area (Å²) in [4.78, 5) is 4.40. The highest BCUT2D eigenvalue weighted by atomic mass is 15.3. The lowest BCUT2D eigenvalue weighted by Gasteiger charge is -2.24. The van der Waals surface area contributed by atoms with Crippen molar-refractivity contribution in [2.24, 2.45) is 0 Å². The molecule has 82 valence electrons. The number of hydrogen-bond donors (Lipinski definition) is 1. The maximum absolute atomic E-state index is 4.40. The highest BCUT2D eigenvalue weighted by molar-refractivity contribution is 5.29. The molecule has 0 spiro atoms. The van der Waals surface area contributed by atoms with E-state index in [0.29, 0.717) is 5.95 Å². The van der Waals surface area contributed by atoms with Crippen LogP contribution in [0.15, 0.2) is 0 Å². The Hall–Kier alpha value is -1.19. The van der Waals surface area contributed by atoms with Crippen LogP contribution in [0.1, 0.15) is 44.0 Å². The predicted octanol–water partition coefficient (Wildman–Crippen LogP) is 2.23. The molecule has 0 aliphatic heterocycles. The monoisotopic (exact) mass is 206 g/mol. The average molecular weight is 206 g/mol. The summed E-state index contributed by atoms with van der Waals surface area (Å²) in [6.45, 7) is 6.13. The molecule has 1 N–H and O–H groups in total. The first-order valence-corrected chi connectivity index (χ1v) is 5.55. The lowest BCUT2D eigenvalue weighted by Crippen LogP contribution is -2.32. The first-order chi connectivity index (χ1) is 7.09. The Kier molecular flexibility index (Phi) is 2.59. The van der Waals surface area contributed by atoms with E-state index >= 15 is 0 Å². The van der Waals surface area contributed by atoms with Crippen LogP contribution in [0, 0.1) is 13.8 Å². The zero-order chi connectivity index (χ0) is 10.9. The molecule has 0 radical (unpaired) electrons. The summed E-state index contributed by atoms with van der Waals surface area (Å²) in [6.07, 6.45) is 4.98. The van der Waals surface area contributed by atoms with Crippen molar-refractivity contribution in [3.8, 4) is 0 Å². The summed E-state index contributed by atoms with van der Waals surface area (Å²) in [6, 6.07) is 0. The zero-order valence-electron chi connectivity index (χ0n) is 9.67. The van der Waals surface area contributed by atoms with Crippen molar-refractivity contribution in [1.29, 1.82) is 0 Å². The quantitative estimate of drug-likeness (QED) is 0.806. The van der Waals surface area contributed by atoms with Crippen molar-refractivity contribution in [2.45, 2.75) is 52.0 Å². The minimum Gasteiger partial charge on any atom is -0.348 e. The van der Waals surface area contributed by atoms with Gasteiger partial charge in [0.05, 0.1) is 11.4 Å². The van der Waals surface area contributed by atoms with Gasteiger partial charge in [0, 0.05) is 5.54 Å². The predicted molar refractivity (Wildman–Crippen MR) is 59.8 cm³/mol. The van der Waals surface area contributed by atoms with Gasteiger partial charge in [0.15, 0.2) is 0 Å². The molecule has 0 amide bonds. The van der Waals surface area contributed by atoms with Gasteiger partial charge in [0.1, 0.15) is 0 Å². The number of nitrogens with zero attached hydrogens (tertiary/aromatic N) is 3. The van der Waals surface area contributed by atoms with Crippen LogP contribution < -0.4 is 5.32 Å². The second kappa shape index (κ2) is 3.76. The van der Waals surface area contributed by atoms with Crippen LogP contribution in [0.4, 0.5) is 5.95 Å². The Bertz CT molecular complexity index is 356. The standard InChI is InChI=1S/C11H18N4/c1-8-9(2)14-15-10(12-8)13-11(3)6-4-5-7-11/h4-7H2,1-3H3,(H,12,13,15). The molecule has 2 rings (SSSR count). The number of rotatable bonds is 2. The van der Waals surface area contributed by atoms with Gasteiger partial charge in [0.25, 0.3) is 0 Å². The van der Waals surface area contributed by atoms with E-state index in [0.717, 1.165) is 11.4 Å². The Morgan fingerprint density at radius 1 is 1.07 bits per heavy atom. The topological polar surface area (TPSA) is 50.7 Å². The van der Waals surface area contributed by atoms with Crippen LogP contribution in [0.25, 0.3) is 0 Å². The van der Waals surface area contributed by atoms with Crippen molar-refractivity contribution in [3.63, 3.8) is 0 Å². The van der Waals surface area contributed by atoms with Crippen molar-refractivity contribution in [2.75, 3.05) is 5.32 Å². The second-order valence-corrected chi connectivity index (χ2v) is 4.70. The van der Waals surface area contributed by atoms with Gasteiger partial charge in [-0.25, -0.2) is 4.98 Å². The maximum atomic E-state index is 4.40. The van der Waals surface area contributed by atoms with Crippen LogP contribution in [-0.4, -0.2) is 20.7 Å². The Morgan fingerprint density at radius 2 is 1.73 bits per heavy atom. The summed E-state index contributed by atoms with van der Waals surface area (Å²) in [7, 11) is 0. The van der Waals surface area contributed by atoms with Gasteiger partial charge in [-0.2, -0.15) is 5.10 Å². The van der Waals surface area contributed by atoms with Crippen LogP contribution in [0.5, 0.6) is 0 Å². The number of aromatic nitrogens is 3. The average Bonchev–Trinajstić information content (AvgIpc) is 2.59. The minimum absolute atomic E-state index is 0.170. The lowest BCUT2D eigenvalue weighted by molar-refractivity contribution is 0.526. The molecule has 15 heavy (non-hydrogen) atoms. The van der Waals surface area contributed by atoms with E-state index in [9.17, 15) is 0 Å². The smallest absolute Gasteiger partial charge is 0.243 e. The zero-order valence-corrected chi connectivity index (χ0v) is 9.67. The molecule has 0 saturated heterocycles. The molecule has 0 atom stereocenters. The molecule has 4 heteroatoms. The van der Waals surface area contributed by atoms with E-state index in [-0.39, 0.29) is 5.54 Å². The van der Waals surface area contributed by atoms with Gasteiger partial charge in [-0.3, -0.25) is 0 Å². The second-order valence-electron chi connectivity index (χ2n) is 4.70.